The molecule has 0 atom stereocenters. The topological polar surface area (TPSA) is 87.4 Å². The average molecular weight is 408 g/mol. The van der Waals surface area contributed by atoms with Gasteiger partial charge in [0.05, 0.1) is 4.92 Å². The Morgan fingerprint density at radius 3 is 2.30 bits per heavy atom. The van der Waals surface area contributed by atoms with Crippen LogP contribution in [-0.2, 0) is 6.54 Å². The molecule has 2 aromatic carbocycles. The van der Waals surface area contributed by atoms with Gasteiger partial charge in [0, 0.05) is 38.4 Å². The lowest BCUT2D eigenvalue weighted by Gasteiger charge is -2.36. The van der Waals surface area contributed by atoms with Crippen LogP contribution in [0.15, 0.2) is 60.9 Å². The normalized spacial score (nSPS) is 13.9. The highest BCUT2D eigenvalue weighted by Gasteiger charge is 2.29. The van der Waals surface area contributed by atoms with Gasteiger partial charge in [-0.15, -0.1) is 0 Å². The van der Waals surface area contributed by atoms with Gasteiger partial charge >= 0.3 is 5.69 Å². The number of benzene rings is 2. The molecule has 2 heterocycles. The Labute approximate surface area is 173 Å². The maximum Gasteiger partial charge on any atom is 0.353 e. The second-order valence-corrected chi connectivity index (χ2v) is 6.94. The molecule has 1 fully saturated rings. The zero-order valence-electron chi connectivity index (χ0n) is 16.2. The molecule has 9 heteroatoms. The molecule has 0 bridgehead atoms. The van der Waals surface area contributed by atoms with Crippen molar-refractivity contribution in [3.8, 4) is 0 Å². The summed E-state index contributed by atoms with van der Waals surface area (Å²) >= 11 is 0. The summed E-state index contributed by atoms with van der Waals surface area (Å²) < 4.78 is 13.2. The van der Waals surface area contributed by atoms with Crippen LogP contribution in [-0.4, -0.2) is 41.1 Å². The second kappa shape index (κ2) is 8.73. The van der Waals surface area contributed by atoms with Crippen molar-refractivity contribution >= 4 is 23.0 Å². The Hall–Kier alpha value is -3.75. The first-order valence-electron chi connectivity index (χ1n) is 9.64. The van der Waals surface area contributed by atoms with E-state index in [1.165, 1.54) is 18.5 Å². The van der Waals surface area contributed by atoms with E-state index in [4.69, 9.17) is 0 Å². The molecule has 0 saturated carbocycles. The quantitative estimate of drug-likeness (QED) is 0.494. The first kappa shape index (κ1) is 19.6. The third kappa shape index (κ3) is 4.29. The summed E-state index contributed by atoms with van der Waals surface area (Å²) in [5, 5.41) is 14.9. The summed E-state index contributed by atoms with van der Waals surface area (Å²) in [5.74, 6) is 0.240. The van der Waals surface area contributed by atoms with Crippen molar-refractivity contribution in [3.05, 3.63) is 82.4 Å². The minimum Gasteiger partial charge on any atom is -0.368 e. The van der Waals surface area contributed by atoms with Crippen molar-refractivity contribution in [3.63, 3.8) is 0 Å². The molecule has 4 rings (SSSR count). The van der Waals surface area contributed by atoms with Crippen LogP contribution < -0.4 is 15.1 Å². The molecule has 0 aliphatic carbocycles. The van der Waals surface area contributed by atoms with Gasteiger partial charge in [-0.2, -0.15) is 0 Å². The predicted octanol–water partition coefficient (Wildman–Crippen LogP) is 3.46. The first-order valence-corrected chi connectivity index (χ1v) is 9.64. The smallest absolute Gasteiger partial charge is 0.353 e. The molecule has 0 spiro atoms. The number of piperazine rings is 1. The molecular formula is C21H21FN6O2. The number of nitro groups is 1. The molecule has 154 valence electrons. The molecule has 3 aromatic rings. The van der Waals surface area contributed by atoms with Gasteiger partial charge in [-0.25, -0.2) is 14.4 Å². The molecule has 1 aliphatic heterocycles. The minimum atomic E-state index is -0.436. The molecule has 1 saturated heterocycles. The SMILES string of the molecule is O=[N+]([O-])c1c(NCc2ccccc2)ncnc1N1CCN(c2ccc(F)cc2)CC1. The number of nitrogens with zero attached hydrogens (tertiary/aromatic N) is 5. The fourth-order valence-electron chi connectivity index (χ4n) is 3.51. The van der Waals surface area contributed by atoms with Crippen molar-refractivity contribution in [1.82, 2.24) is 9.97 Å². The number of anilines is 3. The summed E-state index contributed by atoms with van der Waals surface area (Å²) in [7, 11) is 0. The monoisotopic (exact) mass is 408 g/mol. The van der Waals surface area contributed by atoms with E-state index in [-0.39, 0.29) is 17.3 Å². The lowest BCUT2D eigenvalue weighted by Crippen LogP contribution is -2.47. The number of hydrogen-bond acceptors (Lipinski definition) is 7. The maximum atomic E-state index is 13.2. The number of aromatic nitrogens is 2. The van der Waals surface area contributed by atoms with Crippen molar-refractivity contribution in [2.75, 3.05) is 41.3 Å². The van der Waals surface area contributed by atoms with Crippen LogP contribution in [0.4, 0.5) is 27.4 Å². The Kier molecular flexibility index (Phi) is 5.69. The highest BCUT2D eigenvalue weighted by molar-refractivity contribution is 5.70. The highest BCUT2D eigenvalue weighted by Crippen LogP contribution is 2.33. The standard InChI is InChI=1S/C21H21FN6O2/c22-17-6-8-18(9-7-17)26-10-12-27(13-11-26)21-19(28(29)30)20(24-15-25-21)23-14-16-4-2-1-3-5-16/h1-9,15H,10-14H2,(H,23,24,25). The summed E-state index contributed by atoms with van der Waals surface area (Å²) in [6.45, 7) is 2.86. The second-order valence-electron chi connectivity index (χ2n) is 6.94. The van der Waals surface area contributed by atoms with Crippen LogP contribution >= 0.6 is 0 Å². The number of nitrogens with one attached hydrogen (secondary N) is 1. The van der Waals surface area contributed by atoms with Crippen LogP contribution in [0.3, 0.4) is 0 Å². The average Bonchev–Trinajstić information content (AvgIpc) is 2.78. The molecule has 1 aromatic heterocycles. The van der Waals surface area contributed by atoms with Gasteiger partial charge < -0.3 is 15.1 Å². The maximum absolute atomic E-state index is 13.2. The van der Waals surface area contributed by atoms with Crippen LogP contribution in [0.25, 0.3) is 0 Å². The molecular weight excluding hydrogens is 387 g/mol. The van der Waals surface area contributed by atoms with Crippen molar-refractivity contribution in [2.45, 2.75) is 6.54 Å². The van der Waals surface area contributed by atoms with E-state index in [1.807, 2.05) is 35.2 Å². The van der Waals surface area contributed by atoms with E-state index in [0.717, 1.165) is 11.3 Å². The first-order chi connectivity index (χ1) is 14.6. The van der Waals surface area contributed by atoms with Gasteiger partial charge in [-0.3, -0.25) is 10.1 Å². The third-order valence-electron chi connectivity index (χ3n) is 5.06. The summed E-state index contributed by atoms with van der Waals surface area (Å²) in [6, 6.07) is 16.0. The summed E-state index contributed by atoms with van der Waals surface area (Å²) in [5.41, 5.74) is 1.81. The zero-order valence-corrected chi connectivity index (χ0v) is 16.2. The van der Waals surface area contributed by atoms with E-state index in [0.29, 0.717) is 38.5 Å². The highest BCUT2D eigenvalue weighted by atomic mass is 19.1. The van der Waals surface area contributed by atoms with Crippen LogP contribution in [0.5, 0.6) is 0 Å². The van der Waals surface area contributed by atoms with E-state index >= 15 is 0 Å². The third-order valence-corrected chi connectivity index (χ3v) is 5.06. The van der Waals surface area contributed by atoms with Crippen LogP contribution in [0, 0.1) is 15.9 Å². The Morgan fingerprint density at radius 1 is 0.967 bits per heavy atom. The number of halogens is 1. The Morgan fingerprint density at radius 2 is 1.63 bits per heavy atom. The summed E-state index contributed by atoms with van der Waals surface area (Å²) in [4.78, 5) is 23.7. The summed E-state index contributed by atoms with van der Waals surface area (Å²) in [6.07, 6.45) is 1.35. The van der Waals surface area contributed by atoms with E-state index in [9.17, 15) is 14.5 Å². The largest absolute Gasteiger partial charge is 0.368 e. The fraction of sp³-hybridized carbons (Fsp3) is 0.238. The lowest BCUT2D eigenvalue weighted by atomic mass is 10.2. The van der Waals surface area contributed by atoms with Crippen molar-refractivity contribution in [1.29, 1.82) is 0 Å². The molecule has 8 nitrogen and oxygen atoms in total. The Bertz CT molecular complexity index is 1010. The van der Waals surface area contributed by atoms with Gasteiger partial charge in [-0.1, -0.05) is 30.3 Å². The molecule has 0 radical (unpaired) electrons. The van der Waals surface area contributed by atoms with Gasteiger partial charge in [0.25, 0.3) is 0 Å². The van der Waals surface area contributed by atoms with E-state index in [2.05, 4.69) is 20.2 Å². The van der Waals surface area contributed by atoms with Gasteiger partial charge in [0.2, 0.25) is 11.6 Å². The van der Waals surface area contributed by atoms with Crippen molar-refractivity contribution in [2.24, 2.45) is 0 Å². The van der Waals surface area contributed by atoms with E-state index < -0.39 is 4.92 Å². The molecule has 1 aliphatic rings. The van der Waals surface area contributed by atoms with Crippen LogP contribution in [0.2, 0.25) is 0 Å². The molecule has 0 unspecified atom stereocenters. The molecule has 0 amide bonds. The number of hydrogen-bond donors (Lipinski definition) is 1. The zero-order chi connectivity index (χ0) is 20.9. The van der Waals surface area contributed by atoms with Gasteiger partial charge in [0.1, 0.15) is 12.1 Å². The Balaban J connectivity index is 1.50. The fourth-order valence-corrected chi connectivity index (χ4v) is 3.51. The van der Waals surface area contributed by atoms with E-state index in [1.54, 1.807) is 12.1 Å². The van der Waals surface area contributed by atoms with Gasteiger partial charge in [-0.05, 0) is 29.8 Å². The molecule has 30 heavy (non-hydrogen) atoms. The van der Waals surface area contributed by atoms with Crippen molar-refractivity contribution < 1.29 is 9.31 Å². The number of rotatable bonds is 6. The van der Waals surface area contributed by atoms with Gasteiger partial charge in [0.15, 0.2) is 0 Å². The molecule has 1 N–H and O–H groups in total. The predicted molar refractivity (Wildman–Crippen MR) is 113 cm³/mol. The minimum absolute atomic E-state index is 0.122. The van der Waals surface area contributed by atoms with Crippen LogP contribution in [0.1, 0.15) is 5.56 Å². The lowest BCUT2D eigenvalue weighted by molar-refractivity contribution is -0.383.